The molecule has 5 aromatic carbocycles. The SMILES string of the molecule is CC(C)(C)c1cc(-c2ccccc2)cc(-[n+]2[c-]n(-c3[c-]c(Oc4[c-]c5c(cc4)c4cc(-c6ccccc6)ccc4n5-c4cc(C(C)(C)C)ccn4)ccn3)cc2)c1.[Pt]. The predicted octanol–water partition coefficient (Wildman–Crippen LogP) is 11.8. The van der Waals surface area contributed by atoms with Gasteiger partial charge in [0.1, 0.15) is 5.82 Å². The molecule has 0 N–H and O–H groups in total. The van der Waals surface area contributed by atoms with Gasteiger partial charge in [-0.2, -0.15) is 18.2 Å². The van der Waals surface area contributed by atoms with Crippen molar-refractivity contribution >= 4 is 21.8 Å². The first kappa shape index (κ1) is 38.8. The van der Waals surface area contributed by atoms with Gasteiger partial charge in [-0.05, 0) is 85.7 Å². The minimum Gasteiger partial charge on any atom is -0.522 e. The van der Waals surface area contributed by atoms with Crippen LogP contribution in [0.15, 0.2) is 152 Å². The Labute approximate surface area is 354 Å². The van der Waals surface area contributed by atoms with Gasteiger partial charge in [0.2, 0.25) is 0 Å². The van der Waals surface area contributed by atoms with Crippen LogP contribution in [0.1, 0.15) is 52.7 Å². The summed E-state index contributed by atoms with van der Waals surface area (Å²) in [4.78, 5) is 9.51. The Morgan fingerprint density at radius 2 is 1.28 bits per heavy atom. The molecule has 0 spiro atoms. The second kappa shape index (κ2) is 15.3. The molecule has 0 bridgehead atoms. The molecule has 0 aliphatic carbocycles. The third-order valence-electron chi connectivity index (χ3n) is 10.5. The third kappa shape index (κ3) is 7.65. The van der Waals surface area contributed by atoms with Crippen molar-refractivity contribution in [1.29, 1.82) is 0 Å². The fourth-order valence-corrected chi connectivity index (χ4v) is 7.26. The van der Waals surface area contributed by atoms with E-state index in [-0.39, 0.29) is 31.9 Å². The van der Waals surface area contributed by atoms with Crippen molar-refractivity contribution in [2.24, 2.45) is 0 Å². The van der Waals surface area contributed by atoms with E-state index in [1.165, 1.54) is 22.3 Å². The van der Waals surface area contributed by atoms with Gasteiger partial charge in [-0.1, -0.05) is 132 Å². The van der Waals surface area contributed by atoms with E-state index in [0.29, 0.717) is 17.3 Å². The number of fused-ring (bicyclic) bond motifs is 3. The fourth-order valence-electron chi connectivity index (χ4n) is 7.26. The third-order valence-corrected chi connectivity index (χ3v) is 10.5. The first-order chi connectivity index (χ1) is 27.5. The van der Waals surface area contributed by atoms with Crippen LogP contribution in [-0.4, -0.2) is 19.1 Å². The van der Waals surface area contributed by atoms with Crippen LogP contribution in [0.3, 0.4) is 0 Å². The van der Waals surface area contributed by atoms with Crippen LogP contribution in [0.25, 0.3) is 61.4 Å². The van der Waals surface area contributed by atoms with Crippen molar-refractivity contribution in [3.8, 4) is 51.1 Å². The summed E-state index contributed by atoms with van der Waals surface area (Å²) in [6.07, 6.45) is 11.0. The molecule has 290 valence electrons. The zero-order chi connectivity index (χ0) is 39.3. The van der Waals surface area contributed by atoms with Gasteiger partial charge in [-0.3, -0.25) is 14.1 Å². The van der Waals surface area contributed by atoms with Crippen LogP contribution in [0.5, 0.6) is 11.5 Å². The van der Waals surface area contributed by atoms with Gasteiger partial charge in [0.15, 0.2) is 0 Å². The van der Waals surface area contributed by atoms with E-state index in [4.69, 9.17) is 9.72 Å². The van der Waals surface area contributed by atoms with Gasteiger partial charge in [-0.15, -0.1) is 17.5 Å². The molecule has 4 aromatic heterocycles. The molecule has 0 radical (unpaired) electrons. The number of aromatic nitrogens is 5. The monoisotopic (exact) mass is 936 g/mol. The van der Waals surface area contributed by atoms with Gasteiger partial charge >= 0.3 is 0 Å². The second-order valence-electron chi connectivity index (χ2n) is 16.6. The van der Waals surface area contributed by atoms with Gasteiger partial charge < -0.3 is 9.30 Å². The molecule has 0 aliphatic rings. The summed E-state index contributed by atoms with van der Waals surface area (Å²) in [5.74, 6) is 2.48. The molecule has 9 aromatic rings. The summed E-state index contributed by atoms with van der Waals surface area (Å²) < 4.78 is 12.5. The Bertz CT molecular complexity index is 2900. The summed E-state index contributed by atoms with van der Waals surface area (Å²) in [5, 5.41) is 2.19. The van der Waals surface area contributed by atoms with Gasteiger partial charge in [0, 0.05) is 50.9 Å². The summed E-state index contributed by atoms with van der Waals surface area (Å²) >= 11 is 0. The van der Waals surface area contributed by atoms with E-state index in [1.54, 1.807) is 6.20 Å². The molecule has 7 heteroatoms. The van der Waals surface area contributed by atoms with Crippen LogP contribution in [0.4, 0.5) is 0 Å². The van der Waals surface area contributed by atoms with Crippen LogP contribution >= 0.6 is 0 Å². The number of hydrogen-bond donors (Lipinski definition) is 0. The number of rotatable bonds is 7. The molecule has 0 saturated heterocycles. The molecule has 0 atom stereocenters. The standard InChI is InChI=1S/C51H43N5O.Pt/c1-50(2,3)39-21-23-53-49(31-39)56-46-20-17-37(35-13-9-7-10-14-35)29-45(46)44-19-18-42(32-47(44)56)57-43-22-24-52-48(33-43)55-26-25-54(34-55)41-28-38(36-15-11-8-12-16-36)27-40(30-41)51(4,5)6;/h7-31H,1-6H3;/q-2;. The van der Waals surface area contributed by atoms with Crippen molar-refractivity contribution in [2.75, 3.05) is 0 Å². The number of hydrogen-bond acceptors (Lipinski definition) is 3. The quantitative estimate of drug-likeness (QED) is 0.118. The van der Waals surface area contributed by atoms with Crippen molar-refractivity contribution in [2.45, 2.75) is 52.4 Å². The Morgan fingerprint density at radius 1 is 0.586 bits per heavy atom. The van der Waals surface area contributed by atoms with Crippen molar-refractivity contribution in [1.82, 2.24) is 19.1 Å². The molecule has 4 heterocycles. The zero-order valence-electron chi connectivity index (χ0n) is 33.4. The normalized spacial score (nSPS) is 11.8. The van der Waals surface area contributed by atoms with Crippen molar-refractivity contribution in [3.05, 3.63) is 182 Å². The summed E-state index contributed by atoms with van der Waals surface area (Å²) in [7, 11) is 0. The van der Waals surface area contributed by atoms with Crippen molar-refractivity contribution in [3.63, 3.8) is 0 Å². The van der Waals surface area contributed by atoms with E-state index in [1.807, 2.05) is 52.0 Å². The maximum Gasteiger partial charge on any atom is 0.268 e. The fraction of sp³-hybridized carbons (Fsp3) is 0.157. The number of benzene rings is 5. The minimum atomic E-state index is -0.0399. The number of imidazole rings is 1. The molecule has 0 unspecified atom stereocenters. The van der Waals surface area contributed by atoms with Gasteiger partial charge in [0.05, 0.1) is 11.5 Å². The first-order valence-corrected chi connectivity index (χ1v) is 19.3. The molecular formula is C51H43N5OPt-2. The number of pyridine rings is 2. The number of ether oxygens (including phenoxy) is 1. The Morgan fingerprint density at radius 3 is 2.00 bits per heavy atom. The Balaban J connectivity index is 0.00000469. The summed E-state index contributed by atoms with van der Waals surface area (Å²) in [6, 6.07) is 51.4. The molecule has 0 fully saturated rings. The Hall–Kier alpha value is -6.10. The zero-order valence-corrected chi connectivity index (χ0v) is 35.7. The van der Waals surface area contributed by atoms with E-state index in [2.05, 4.69) is 173 Å². The van der Waals surface area contributed by atoms with Gasteiger partial charge in [0.25, 0.3) is 6.33 Å². The van der Waals surface area contributed by atoms with Crippen LogP contribution in [-0.2, 0) is 31.9 Å². The van der Waals surface area contributed by atoms with Crippen LogP contribution in [0.2, 0.25) is 0 Å². The average molecular weight is 937 g/mol. The van der Waals surface area contributed by atoms with Crippen LogP contribution in [0, 0.1) is 18.5 Å². The summed E-state index contributed by atoms with van der Waals surface area (Å²) in [5.41, 5.74) is 9.98. The smallest absolute Gasteiger partial charge is 0.268 e. The van der Waals surface area contributed by atoms with E-state index in [0.717, 1.165) is 44.4 Å². The molecule has 0 saturated carbocycles. The molecule has 9 rings (SSSR count). The van der Waals surface area contributed by atoms with E-state index >= 15 is 0 Å². The molecule has 58 heavy (non-hydrogen) atoms. The molecule has 6 nitrogen and oxygen atoms in total. The first-order valence-electron chi connectivity index (χ1n) is 19.3. The molecule has 0 aliphatic heterocycles. The molecular weight excluding hydrogens is 894 g/mol. The largest absolute Gasteiger partial charge is 0.522 e. The predicted molar refractivity (Wildman–Crippen MR) is 229 cm³/mol. The Kier molecular flexibility index (Phi) is 10.2. The topological polar surface area (TPSA) is 48.8 Å². The van der Waals surface area contributed by atoms with Crippen molar-refractivity contribution < 1.29 is 30.4 Å². The van der Waals surface area contributed by atoms with E-state index in [9.17, 15) is 0 Å². The second-order valence-corrected chi connectivity index (χ2v) is 16.6. The maximum atomic E-state index is 6.50. The minimum absolute atomic E-state index is 0. The van der Waals surface area contributed by atoms with Gasteiger partial charge in [-0.25, -0.2) is 4.98 Å². The summed E-state index contributed by atoms with van der Waals surface area (Å²) in [6.45, 7) is 13.4. The molecule has 0 amide bonds. The van der Waals surface area contributed by atoms with E-state index < -0.39 is 0 Å². The number of nitrogens with zero attached hydrogens (tertiary/aromatic N) is 5. The van der Waals surface area contributed by atoms with Crippen LogP contribution < -0.4 is 9.30 Å². The average Bonchev–Trinajstić information content (AvgIpc) is 3.84. The maximum absolute atomic E-state index is 6.50.